The van der Waals surface area contributed by atoms with Crippen molar-refractivity contribution in [2.75, 3.05) is 18.0 Å². The molecule has 0 saturated carbocycles. The molecule has 4 nitrogen and oxygen atoms in total. The summed E-state index contributed by atoms with van der Waals surface area (Å²) in [7, 11) is 0. The molecule has 0 bridgehead atoms. The van der Waals surface area contributed by atoms with Gasteiger partial charge in [0.25, 0.3) is 0 Å². The van der Waals surface area contributed by atoms with E-state index in [0.29, 0.717) is 0 Å². The second-order valence-corrected chi connectivity index (χ2v) is 6.87. The summed E-state index contributed by atoms with van der Waals surface area (Å²) in [5.41, 5.74) is 3.26. The molecule has 1 heterocycles. The Morgan fingerprint density at radius 2 is 1.83 bits per heavy atom. The van der Waals surface area contributed by atoms with E-state index in [2.05, 4.69) is 39.2 Å². The maximum atomic E-state index is 11.2. The summed E-state index contributed by atoms with van der Waals surface area (Å²) in [5.74, 6) is -0.167. The van der Waals surface area contributed by atoms with E-state index in [1.54, 1.807) is 0 Å². The highest BCUT2D eigenvalue weighted by atomic mass is 79.9. The fourth-order valence-corrected chi connectivity index (χ4v) is 3.42. The Bertz CT molecular complexity index is 729. The molecule has 1 aliphatic heterocycles. The normalized spacial score (nSPS) is 15.7. The zero-order chi connectivity index (χ0) is 16.9. The van der Waals surface area contributed by atoms with Crippen molar-refractivity contribution in [2.24, 2.45) is 0 Å². The van der Waals surface area contributed by atoms with Gasteiger partial charge < -0.3 is 4.90 Å². The second kappa shape index (κ2) is 7.62. The standard InChI is InChI=1S/C19H19BrN2O2/c20-17-8-10-18(11-9-17)21-12-4-7-16(13-21)19(14-22(23)24)15-5-2-1-3-6-15/h1-3,5-6,8-11,13,19H,4,7,12,14H2. The molecule has 0 spiro atoms. The Balaban J connectivity index is 1.91. The van der Waals surface area contributed by atoms with Crippen LogP contribution >= 0.6 is 15.9 Å². The first-order valence-electron chi connectivity index (χ1n) is 8.03. The van der Waals surface area contributed by atoms with E-state index in [4.69, 9.17) is 0 Å². The lowest BCUT2D eigenvalue weighted by Crippen LogP contribution is -2.26. The predicted octanol–water partition coefficient (Wildman–Crippen LogP) is 4.99. The van der Waals surface area contributed by atoms with Gasteiger partial charge in [-0.3, -0.25) is 10.1 Å². The van der Waals surface area contributed by atoms with E-state index in [1.807, 2.05) is 42.5 Å². The van der Waals surface area contributed by atoms with Crippen molar-refractivity contribution in [3.8, 4) is 0 Å². The first-order valence-corrected chi connectivity index (χ1v) is 8.82. The van der Waals surface area contributed by atoms with Gasteiger partial charge in [-0.2, -0.15) is 0 Å². The van der Waals surface area contributed by atoms with Gasteiger partial charge in [0.15, 0.2) is 0 Å². The quantitative estimate of drug-likeness (QED) is 0.536. The summed E-state index contributed by atoms with van der Waals surface area (Å²) in [4.78, 5) is 13.2. The number of benzene rings is 2. The molecular weight excluding hydrogens is 368 g/mol. The Morgan fingerprint density at radius 1 is 1.12 bits per heavy atom. The Hall–Kier alpha value is -2.14. The Labute approximate surface area is 150 Å². The fraction of sp³-hybridized carbons (Fsp3) is 0.263. The van der Waals surface area contributed by atoms with E-state index in [0.717, 1.165) is 40.7 Å². The highest BCUT2D eigenvalue weighted by molar-refractivity contribution is 9.10. The molecule has 0 amide bonds. The van der Waals surface area contributed by atoms with Crippen molar-refractivity contribution in [1.82, 2.24) is 0 Å². The van der Waals surface area contributed by atoms with Crippen LogP contribution in [0.1, 0.15) is 24.3 Å². The van der Waals surface area contributed by atoms with Gasteiger partial charge in [-0.15, -0.1) is 0 Å². The molecule has 0 radical (unpaired) electrons. The first kappa shape index (κ1) is 16.7. The summed E-state index contributed by atoms with van der Waals surface area (Å²) < 4.78 is 1.04. The maximum Gasteiger partial charge on any atom is 0.214 e. The molecule has 124 valence electrons. The van der Waals surface area contributed by atoms with Crippen LogP contribution in [0.15, 0.2) is 70.8 Å². The van der Waals surface area contributed by atoms with Crippen LogP contribution in [0.3, 0.4) is 0 Å². The van der Waals surface area contributed by atoms with Crippen LogP contribution in [-0.4, -0.2) is 18.0 Å². The lowest BCUT2D eigenvalue weighted by atomic mass is 9.87. The zero-order valence-electron chi connectivity index (χ0n) is 13.3. The summed E-state index contributed by atoms with van der Waals surface area (Å²) >= 11 is 3.45. The molecule has 3 rings (SSSR count). The maximum absolute atomic E-state index is 11.2. The number of nitrogens with zero attached hydrogens (tertiary/aromatic N) is 2. The summed E-state index contributed by atoms with van der Waals surface area (Å²) in [6, 6.07) is 17.9. The van der Waals surface area contributed by atoms with E-state index in [1.165, 1.54) is 0 Å². The van der Waals surface area contributed by atoms with Crippen LogP contribution in [-0.2, 0) is 0 Å². The highest BCUT2D eigenvalue weighted by Gasteiger charge is 2.25. The van der Waals surface area contributed by atoms with Crippen molar-refractivity contribution < 1.29 is 4.92 Å². The summed E-state index contributed by atoms with van der Waals surface area (Å²) in [6.07, 6.45) is 4.01. The van der Waals surface area contributed by atoms with Crippen molar-refractivity contribution in [3.05, 3.63) is 86.5 Å². The van der Waals surface area contributed by atoms with Gasteiger partial charge in [-0.1, -0.05) is 46.3 Å². The van der Waals surface area contributed by atoms with Gasteiger partial charge in [0.1, 0.15) is 0 Å². The van der Waals surface area contributed by atoms with Crippen LogP contribution in [0.5, 0.6) is 0 Å². The summed E-state index contributed by atoms with van der Waals surface area (Å²) in [5, 5.41) is 11.2. The smallest absolute Gasteiger partial charge is 0.214 e. The van der Waals surface area contributed by atoms with Gasteiger partial charge >= 0.3 is 0 Å². The number of halogens is 1. The Kier molecular flexibility index (Phi) is 5.30. The molecule has 0 aromatic heterocycles. The highest BCUT2D eigenvalue weighted by Crippen LogP contribution is 2.32. The minimum Gasteiger partial charge on any atom is -0.348 e. The molecule has 1 aliphatic rings. The average molecular weight is 387 g/mol. The van der Waals surface area contributed by atoms with E-state index >= 15 is 0 Å². The lowest BCUT2D eigenvalue weighted by Gasteiger charge is -2.29. The monoisotopic (exact) mass is 386 g/mol. The van der Waals surface area contributed by atoms with E-state index in [9.17, 15) is 10.1 Å². The third-order valence-electron chi connectivity index (χ3n) is 4.33. The molecular formula is C19H19BrN2O2. The number of rotatable bonds is 5. The van der Waals surface area contributed by atoms with Gasteiger partial charge in [-0.25, -0.2) is 0 Å². The molecule has 2 aromatic carbocycles. The van der Waals surface area contributed by atoms with Crippen LogP contribution < -0.4 is 4.90 Å². The predicted molar refractivity (Wildman–Crippen MR) is 99.8 cm³/mol. The van der Waals surface area contributed by atoms with E-state index in [-0.39, 0.29) is 17.4 Å². The minimum absolute atomic E-state index is 0.0655. The first-order chi connectivity index (χ1) is 11.6. The van der Waals surface area contributed by atoms with Crippen LogP contribution in [0.25, 0.3) is 0 Å². The third kappa shape index (κ3) is 4.03. The third-order valence-corrected chi connectivity index (χ3v) is 4.85. The van der Waals surface area contributed by atoms with Crippen molar-refractivity contribution in [3.63, 3.8) is 0 Å². The molecule has 1 atom stereocenters. The lowest BCUT2D eigenvalue weighted by molar-refractivity contribution is -0.482. The van der Waals surface area contributed by atoms with Crippen molar-refractivity contribution in [1.29, 1.82) is 0 Å². The van der Waals surface area contributed by atoms with Crippen molar-refractivity contribution in [2.45, 2.75) is 18.8 Å². The van der Waals surface area contributed by atoms with Gasteiger partial charge in [0.05, 0.1) is 5.92 Å². The molecule has 0 fully saturated rings. The van der Waals surface area contributed by atoms with Gasteiger partial charge in [0.2, 0.25) is 6.54 Å². The summed E-state index contributed by atoms with van der Waals surface area (Å²) in [6.45, 7) is 0.870. The number of hydrogen-bond donors (Lipinski definition) is 0. The molecule has 0 N–H and O–H groups in total. The number of nitro groups is 1. The SMILES string of the molecule is O=[N+]([O-])CC(C1=CN(c2ccc(Br)cc2)CCC1)c1ccccc1. The molecule has 0 aliphatic carbocycles. The molecule has 2 aromatic rings. The molecule has 5 heteroatoms. The number of hydrogen-bond acceptors (Lipinski definition) is 3. The molecule has 0 saturated heterocycles. The van der Waals surface area contributed by atoms with Crippen LogP contribution in [0.2, 0.25) is 0 Å². The molecule has 1 unspecified atom stereocenters. The largest absolute Gasteiger partial charge is 0.348 e. The van der Waals surface area contributed by atoms with E-state index < -0.39 is 0 Å². The Morgan fingerprint density at radius 3 is 2.50 bits per heavy atom. The van der Waals surface area contributed by atoms with Gasteiger partial charge in [-0.05, 0) is 48.2 Å². The van der Waals surface area contributed by atoms with Crippen LogP contribution in [0, 0.1) is 10.1 Å². The van der Waals surface area contributed by atoms with Gasteiger partial charge in [0, 0.05) is 27.8 Å². The second-order valence-electron chi connectivity index (χ2n) is 5.96. The number of anilines is 1. The minimum atomic E-state index is -0.211. The van der Waals surface area contributed by atoms with Crippen LogP contribution in [0.4, 0.5) is 5.69 Å². The fourth-order valence-electron chi connectivity index (χ4n) is 3.15. The topological polar surface area (TPSA) is 46.4 Å². The van der Waals surface area contributed by atoms with Crippen molar-refractivity contribution >= 4 is 21.6 Å². The molecule has 24 heavy (non-hydrogen) atoms. The zero-order valence-corrected chi connectivity index (χ0v) is 14.9. The average Bonchev–Trinajstić information content (AvgIpc) is 2.61.